The number of fused-ring (bicyclic) bond motifs is 1. The van der Waals surface area contributed by atoms with Gasteiger partial charge < -0.3 is 10.3 Å². The van der Waals surface area contributed by atoms with Crippen molar-refractivity contribution in [3.05, 3.63) is 81.1 Å². The van der Waals surface area contributed by atoms with Crippen molar-refractivity contribution in [1.82, 2.24) is 10.3 Å². The summed E-state index contributed by atoms with van der Waals surface area (Å²) in [6.45, 7) is 4.23. The van der Waals surface area contributed by atoms with E-state index in [1.165, 1.54) is 0 Å². The van der Waals surface area contributed by atoms with E-state index in [9.17, 15) is 9.59 Å². The normalized spacial score (nSPS) is 10.8. The predicted octanol–water partition coefficient (Wildman–Crippen LogP) is 3.00. The molecule has 0 spiro atoms. The van der Waals surface area contributed by atoms with Gasteiger partial charge in [0.1, 0.15) is 0 Å². The fourth-order valence-corrected chi connectivity index (χ4v) is 2.90. The van der Waals surface area contributed by atoms with Gasteiger partial charge in [0.25, 0.3) is 5.56 Å². The van der Waals surface area contributed by atoms with Crippen LogP contribution in [0.3, 0.4) is 0 Å². The van der Waals surface area contributed by atoms with E-state index in [-0.39, 0.29) is 18.0 Å². The third-order valence-electron chi connectivity index (χ3n) is 4.05. The molecule has 4 nitrogen and oxygen atoms in total. The molecule has 1 aromatic heterocycles. The van der Waals surface area contributed by atoms with E-state index in [4.69, 9.17) is 0 Å². The summed E-state index contributed by atoms with van der Waals surface area (Å²) < 4.78 is 0. The smallest absolute Gasteiger partial charge is 0.253 e. The number of carbonyl (C=O) groups excluding carboxylic acids is 1. The molecule has 2 N–H and O–H groups in total. The van der Waals surface area contributed by atoms with E-state index >= 15 is 0 Å². The highest BCUT2D eigenvalue weighted by molar-refractivity contribution is 5.83. The maximum atomic E-state index is 12.2. The average molecular weight is 320 g/mol. The summed E-state index contributed by atoms with van der Waals surface area (Å²) in [6, 6.07) is 15.5. The standard InChI is InChI=1S/C20H20N2O2/c1-13-8-14(2)19-16(9-13)11-17(20(24)22-19)12-21-18(23)10-15-6-4-3-5-7-15/h3-9,11H,10,12H2,1-2H3,(H,21,23)(H,22,24). The second kappa shape index (κ2) is 6.71. The van der Waals surface area contributed by atoms with Crippen LogP contribution in [0.25, 0.3) is 10.9 Å². The molecule has 0 radical (unpaired) electrons. The molecular formula is C20H20N2O2. The van der Waals surface area contributed by atoms with Crippen LogP contribution in [0.2, 0.25) is 0 Å². The van der Waals surface area contributed by atoms with E-state index in [1.54, 1.807) is 0 Å². The maximum absolute atomic E-state index is 12.2. The number of aryl methyl sites for hydroxylation is 2. The van der Waals surface area contributed by atoms with Crippen molar-refractivity contribution in [2.45, 2.75) is 26.8 Å². The van der Waals surface area contributed by atoms with Gasteiger partial charge >= 0.3 is 0 Å². The molecule has 0 fully saturated rings. The minimum absolute atomic E-state index is 0.0962. The molecule has 1 amide bonds. The molecule has 0 bridgehead atoms. The Morgan fingerprint density at radius 2 is 1.83 bits per heavy atom. The van der Waals surface area contributed by atoms with E-state index in [0.29, 0.717) is 12.0 Å². The first-order chi connectivity index (χ1) is 11.5. The monoisotopic (exact) mass is 320 g/mol. The number of pyridine rings is 1. The number of amides is 1. The Balaban J connectivity index is 1.76. The van der Waals surface area contributed by atoms with Gasteiger partial charge in [0, 0.05) is 12.1 Å². The summed E-state index contributed by atoms with van der Waals surface area (Å²) in [5.74, 6) is -0.0962. The average Bonchev–Trinajstić information content (AvgIpc) is 2.55. The minimum Gasteiger partial charge on any atom is -0.352 e. The molecule has 24 heavy (non-hydrogen) atoms. The van der Waals surface area contributed by atoms with Gasteiger partial charge in [0.05, 0.1) is 11.9 Å². The summed E-state index contributed by atoms with van der Waals surface area (Å²) in [5, 5.41) is 3.81. The number of hydrogen-bond donors (Lipinski definition) is 2. The Bertz CT molecular complexity index is 943. The van der Waals surface area contributed by atoms with Gasteiger partial charge in [-0.2, -0.15) is 0 Å². The summed E-state index contributed by atoms with van der Waals surface area (Å²) in [6.07, 6.45) is 0.310. The second-order valence-electron chi connectivity index (χ2n) is 6.11. The molecule has 0 aliphatic heterocycles. The fourth-order valence-electron chi connectivity index (χ4n) is 2.90. The molecule has 3 aromatic rings. The van der Waals surface area contributed by atoms with Crippen LogP contribution in [0.15, 0.2) is 53.3 Å². The molecule has 2 aromatic carbocycles. The summed E-state index contributed by atoms with van der Waals surface area (Å²) in [4.78, 5) is 27.2. The highest BCUT2D eigenvalue weighted by Crippen LogP contribution is 2.17. The van der Waals surface area contributed by atoms with Gasteiger partial charge in [-0.1, -0.05) is 42.0 Å². The van der Waals surface area contributed by atoms with Crippen LogP contribution in [0, 0.1) is 13.8 Å². The van der Waals surface area contributed by atoms with Crippen molar-refractivity contribution in [3.63, 3.8) is 0 Å². The third kappa shape index (κ3) is 3.54. The molecule has 0 saturated heterocycles. The number of carbonyl (C=O) groups is 1. The quantitative estimate of drug-likeness (QED) is 0.776. The van der Waals surface area contributed by atoms with Crippen LogP contribution in [0.5, 0.6) is 0 Å². The first-order valence-corrected chi connectivity index (χ1v) is 7.97. The molecule has 3 rings (SSSR count). The molecule has 122 valence electrons. The Labute approximate surface area is 140 Å². The lowest BCUT2D eigenvalue weighted by Crippen LogP contribution is -2.28. The van der Waals surface area contributed by atoms with Crippen molar-refractivity contribution >= 4 is 16.8 Å². The zero-order valence-electron chi connectivity index (χ0n) is 13.8. The number of benzene rings is 2. The van der Waals surface area contributed by atoms with Crippen molar-refractivity contribution in [1.29, 1.82) is 0 Å². The highest BCUT2D eigenvalue weighted by Gasteiger charge is 2.08. The number of H-pyrrole nitrogens is 1. The number of hydrogen-bond acceptors (Lipinski definition) is 2. The summed E-state index contributed by atoms with van der Waals surface area (Å²) in [5.41, 5.74) is 4.40. The van der Waals surface area contributed by atoms with Gasteiger partial charge in [-0.3, -0.25) is 9.59 Å². The van der Waals surface area contributed by atoms with Crippen LogP contribution in [-0.2, 0) is 17.8 Å². The number of aromatic nitrogens is 1. The zero-order valence-corrected chi connectivity index (χ0v) is 13.8. The lowest BCUT2D eigenvalue weighted by Gasteiger charge is -2.08. The lowest BCUT2D eigenvalue weighted by atomic mass is 10.1. The summed E-state index contributed by atoms with van der Waals surface area (Å²) >= 11 is 0. The first-order valence-electron chi connectivity index (χ1n) is 7.97. The molecule has 0 unspecified atom stereocenters. The van der Waals surface area contributed by atoms with Gasteiger partial charge in [-0.25, -0.2) is 0 Å². The summed E-state index contributed by atoms with van der Waals surface area (Å²) in [7, 11) is 0. The molecule has 0 aliphatic carbocycles. The number of rotatable bonds is 4. The molecule has 0 atom stereocenters. The van der Waals surface area contributed by atoms with Gasteiger partial charge in [0.15, 0.2) is 0 Å². The first kappa shape index (κ1) is 16.0. The molecule has 0 saturated carbocycles. The van der Waals surface area contributed by atoms with Crippen molar-refractivity contribution in [3.8, 4) is 0 Å². The minimum atomic E-state index is -0.158. The van der Waals surface area contributed by atoms with Crippen LogP contribution in [0.1, 0.15) is 22.3 Å². The van der Waals surface area contributed by atoms with Gasteiger partial charge in [-0.15, -0.1) is 0 Å². The van der Waals surface area contributed by atoms with Crippen LogP contribution < -0.4 is 10.9 Å². The Hall–Kier alpha value is -2.88. The molecule has 1 heterocycles. The number of nitrogens with one attached hydrogen (secondary N) is 2. The SMILES string of the molecule is Cc1cc(C)c2[nH]c(=O)c(CNC(=O)Cc3ccccc3)cc2c1. The van der Waals surface area contributed by atoms with Gasteiger partial charge in [-0.05, 0) is 42.5 Å². The fraction of sp³-hybridized carbons (Fsp3) is 0.200. The van der Waals surface area contributed by atoms with Gasteiger partial charge in [0.2, 0.25) is 5.91 Å². The Morgan fingerprint density at radius 1 is 1.08 bits per heavy atom. The van der Waals surface area contributed by atoms with E-state index < -0.39 is 0 Å². The highest BCUT2D eigenvalue weighted by atomic mass is 16.1. The van der Waals surface area contributed by atoms with Crippen molar-refractivity contribution in [2.24, 2.45) is 0 Å². The Kier molecular flexibility index (Phi) is 4.47. The van der Waals surface area contributed by atoms with Crippen LogP contribution >= 0.6 is 0 Å². The van der Waals surface area contributed by atoms with E-state index in [2.05, 4.69) is 10.3 Å². The Morgan fingerprint density at radius 3 is 2.58 bits per heavy atom. The topological polar surface area (TPSA) is 62.0 Å². The number of aromatic amines is 1. The van der Waals surface area contributed by atoms with Crippen LogP contribution in [-0.4, -0.2) is 10.9 Å². The lowest BCUT2D eigenvalue weighted by molar-refractivity contribution is -0.120. The molecular weight excluding hydrogens is 300 g/mol. The predicted molar refractivity (Wildman–Crippen MR) is 96.0 cm³/mol. The second-order valence-corrected chi connectivity index (χ2v) is 6.11. The maximum Gasteiger partial charge on any atom is 0.253 e. The van der Waals surface area contributed by atoms with Crippen LogP contribution in [0.4, 0.5) is 0 Å². The molecule has 4 heteroatoms. The molecule has 0 aliphatic rings. The van der Waals surface area contributed by atoms with E-state index in [0.717, 1.165) is 27.6 Å². The van der Waals surface area contributed by atoms with E-state index in [1.807, 2.05) is 62.4 Å². The van der Waals surface area contributed by atoms with Crippen molar-refractivity contribution < 1.29 is 4.79 Å². The van der Waals surface area contributed by atoms with Crippen molar-refractivity contribution in [2.75, 3.05) is 0 Å². The third-order valence-corrected chi connectivity index (χ3v) is 4.05. The zero-order chi connectivity index (χ0) is 17.1. The largest absolute Gasteiger partial charge is 0.352 e.